The molecule has 98 valence electrons. The molecular formula is C15H27NO. The second-order valence-electron chi connectivity index (χ2n) is 6.51. The molecule has 17 heavy (non-hydrogen) atoms. The van der Waals surface area contributed by atoms with E-state index in [9.17, 15) is 0 Å². The van der Waals surface area contributed by atoms with E-state index in [0.717, 1.165) is 36.9 Å². The summed E-state index contributed by atoms with van der Waals surface area (Å²) in [4.78, 5) is 0. The number of fused-ring (bicyclic) bond motifs is 2. The van der Waals surface area contributed by atoms with Crippen LogP contribution < -0.4 is 5.32 Å². The molecule has 5 atom stereocenters. The highest BCUT2D eigenvalue weighted by molar-refractivity contribution is 4.94. The van der Waals surface area contributed by atoms with Crippen LogP contribution in [0.1, 0.15) is 51.9 Å². The van der Waals surface area contributed by atoms with Crippen LogP contribution in [0.15, 0.2) is 0 Å². The summed E-state index contributed by atoms with van der Waals surface area (Å²) >= 11 is 0. The van der Waals surface area contributed by atoms with Crippen LogP contribution in [-0.2, 0) is 4.74 Å². The molecule has 0 amide bonds. The highest BCUT2D eigenvalue weighted by Gasteiger charge is 2.41. The third-order valence-corrected chi connectivity index (χ3v) is 5.39. The van der Waals surface area contributed by atoms with Crippen LogP contribution in [0.5, 0.6) is 0 Å². The van der Waals surface area contributed by atoms with Crippen LogP contribution in [0, 0.1) is 17.8 Å². The van der Waals surface area contributed by atoms with Crippen LogP contribution in [-0.4, -0.2) is 25.3 Å². The quantitative estimate of drug-likeness (QED) is 0.793. The van der Waals surface area contributed by atoms with Gasteiger partial charge in [0, 0.05) is 12.6 Å². The van der Waals surface area contributed by atoms with E-state index < -0.39 is 0 Å². The minimum atomic E-state index is 0.551. The second kappa shape index (κ2) is 5.27. The smallest absolute Gasteiger partial charge is 0.0588 e. The summed E-state index contributed by atoms with van der Waals surface area (Å²) in [6.45, 7) is 4.55. The fraction of sp³-hybridized carbons (Fsp3) is 1.00. The van der Waals surface area contributed by atoms with Gasteiger partial charge in [-0.3, -0.25) is 0 Å². The molecule has 0 aromatic heterocycles. The van der Waals surface area contributed by atoms with Gasteiger partial charge in [0.1, 0.15) is 0 Å². The predicted molar refractivity (Wildman–Crippen MR) is 70.0 cm³/mol. The summed E-state index contributed by atoms with van der Waals surface area (Å²) in [5.41, 5.74) is 0. The topological polar surface area (TPSA) is 21.3 Å². The van der Waals surface area contributed by atoms with E-state index in [-0.39, 0.29) is 0 Å². The molecule has 0 spiro atoms. The van der Waals surface area contributed by atoms with Gasteiger partial charge in [-0.15, -0.1) is 0 Å². The molecule has 0 aromatic carbocycles. The lowest BCUT2D eigenvalue weighted by atomic mass is 9.84. The van der Waals surface area contributed by atoms with Crippen molar-refractivity contribution in [2.75, 3.05) is 13.2 Å². The monoisotopic (exact) mass is 237 g/mol. The van der Waals surface area contributed by atoms with Crippen molar-refractivity contribution in [3.05, 3.63) is 0 Å². The summed E-state index contributed by atoms with van der Waals surface area (Å²) in [5.74, 6) is 3.09. The van der Waals surface area contributed by atoms with Crippen LogP contribution in [0.4, 0.5) is 0 Å². The van der Waals surface area contributed by atoms with Gasteiger partial charge in [0.15, 0.2) is 0 Å². The van der Waals surface area contributed by atoms with Crippen LogP contribution in [0.25, 0.3) is 0 Å². The van der Waals surface area contributed by atoms with Crippen molar-refractivity contribution in [1.82, 2.24) is 5.32 Å². The fourth-order valence-electron chi connectivity index (χ4n) is 4.40. The lowest BCUT2D eigenvalue weighted by Crippen LogP contribution is -2.37. The molecule has 1 saturated heterocycles. The minimum Gasteiger partial charge on any atom is -0.378 e. The van der Waals surface area contributed by atoms with Gasteiger partial charge in [-0.2, -0.15) is 0 Å². The minimum absolute atomic E-state index is 0.551. The van der Waals surface area contributed by atoms with Gasteiger partial charge in [0.2, 0.25) is 0 Å². The van der Waals surface area contributed by atoms with Crippen LogP contribution in [0.2, 0.25) is 0 Å². The summed E-state index contributed by atoms with van der Waals surface area (Å²) in [6, 6.07) is 0.728. The van der Waals surface area contributed by atoms with Crippen molar-refractivity contribution in [2.45, 2.75) is 64.0 Å². The van der Waals surface area contributed by atoms with Gasteiger partial charge < -0.3 is 10.1 Å². The number of hydrogen-bond donors (Lipinski definition) is 1. The zero-order valence-electron chi connectivity index (χ0n) is 11.2. The molecule has 2 aliphatic carbocycles. The third kappa shape index (κ3) is 2.68. The maximum Gasteiger partial charge on any atom is 0.0588 e. The van der Waals surface area contributed by atoms with Gasteiger partial charge in [-0.25, -0.2) is 0 Å². The Morgan fingerprint density at radius 1 is 1.24 bits per heavy atom. The number of rotatable bonds is 5. The maximum absolute atomic E-state index is 5.67. The van der Waals surface area contributed by atoms with Crippen LogP contribution in [0.3, 0.4) is 0 Å². The van der Waals surface area contributed by atoms with E-state index in [1.807, 2.05) is 0 Å². The Bertz CT molecular complexity index is 249. The Morgan fingerprint density at radius 2 is 2.18 bits per heavy atom. The highest BCUT2D eigenvalue weighted by Crippen LogP contribution is 2.49. The Morgan fingerprint density at radius 3 is 2.82 bits per heavy atom. The Balaban J connectivity index is 1.37. The molecule has 2 bridgehead atoms. The molecule has 5 unspecified atom stereocenters. The van der Waals surface area contributed by atoms with E-state index in [2.05, 4.69) is 12.2 Å². The molecule has 0 radical (unpaired) electrons. The van der Waals surface area contributed by atoms with Crippen molar-refractivity contribution in [3.8, 4) is 0 Å². The summed E-state index contributed by atoms with van der Waals surface area (Å²) in [5, 5.41) is 3.76. The number of hydrogen-bond acceptors (Lipinski definition) is 2. The van der Waals surface area contributed by atoms with Gasteiger partial charge >= 0.3 is 0 Å². The van der Waals surface area contributed by atoms with Crippen molar-refractivity contribution >= 4 is 0 Å². The average Bonchev–Trinajstić information content (AvgIpc) is 3.05. The molecule has 1 N–H and O–H groups in total. The average molecular weight is 237 g/mol. The summed E-state index contributed by atoms with van der Waals surface area (Å²) in [7, 11) is 0. The zero-order chi connectivity index (χ0) is 11.7. The molecular weight excluding hydrogens is 210 g/mol. The molecule has 2 nitrogen and oxygen atoms in total. The maximum atomic E-state index is 5.67. The zero-order valence-corrected chi connectivity index (χ0v) is 11.2. The first kappa shape index (κ1) is 12.0. The first-order chi connectivity index (χ1) is 8.33. The molecule has 1 aliphatic heterocycles. The van der Waals surface area contributed by atoms with Crippen molar-refractivity contribution < 1.29 is 4.74 Å². The van der Waals surface area contributed by atoms with Gasteiger partial charge in [0.25, 0.3) is 0 Å². The van der Waals surface area contributed by atoms with E-state index in [1.54, 1.807) is 0 Å². The molecule has 2 saturated carbocycles. The highest BCUT2D eigenvalue weighted by atomic mass is 16.5. The van der Waals surface area contributed by atoms with E-state index in [4.69, 9.17) is 4.74 Å². The molecule has 1 heterocycles. The standard InChI is InChI=1S/C15H27NO/c1-11(15-10-12-4-5-13(15)9-12)16-7-6-14-3-2-8-17-14/h11-16H,2-10H2,1H3. The van der Waals surface area contributed by atoms with Crippen molar-refractivity contribution in [3.63, 3.8) is 0 Å². The molecule has 0 aromatic rings. The van der Waals surface area contributed by atoms with Crippen molar-refractivity contribution in [1.29, 1.82) is 0 Å². The molecule has 3 fully saturated rings. The Kier molecular flexibility index (Phi) is 3.72. The number of nitrogens with one attached hydrogen (secondary N) is 1. The summed E-state index contributed by atoms with van der Waals surface area (Å²) < 4.78 is 5.67. The van der Waals surface area contributed by atoms with Gasteiger partial charge in [-0.1, -0.05) is 6.42 Å². The summed E-state index contributed by atoms with van der Waals surface area (Å²) in [6.07, 6.45) is 10.4. The molecule has 3 aliphatic rings. The molecule has 3 rings (SSSR count). The largest absolute Gasteiger partial charge is 0.378 e. The predicted octanol–water partition coefficient (Wildman–Crippen LogP) is 2.97. The molecule has 2 heteroatoms. The Labute approximate surface area is 105 Å². The Hall–Kier alpha value is -0.0800. The first-order valence-corrected chi connectivity index (χ1v) is 7.68. The lowest BCUT2D eigenvalue weighted by Gasteiger charge is -2.29. The lowest BCUT2D eigenvalue weighted by molar-refractivity contribution is 0.102. The fourth-order valence-corrected chi connectivity index (χ4v) is 4.40. The van der Waals surface area contributed by atoms with Crippen molar-refractivity contribution in [2.24, 2.45) is 17.8 Å². The van der Waals surface area contributed by atoms with Crippen LogP contribution >= 0.6 is 0 Å². The SMILES string of the molecule is CC(NCCC1CCCO1)C1CC2CCC1C2. The first-order valence-electron chi connectivity index (χ1n) is 7.68. The van der Waals surface area contributed by atoms with E-state index in [0.29, 0.717) is 6.10 Å². The van der Waals surface area contributed by atoms with E-state index in [1.165, 1.54) is 44.9 Å². The third-order valence-electron chi connectivity index (χ3n) is 5.39. The second-order valence-corrected chi connectivity index (χ2v) is 6.51. The normalized spacial score (nSPS) is 42.2. The van der Waals surface area contributed by atoms with E-state index >= 15 is 0 Å². The van der Waals surface area contributed by atoms with Gasteiger partial charge in [-0.05, 0) is 69.7 Å². The number of ether oxygens (including phenoxy) is 1. The van der Waals surface area contributed by atoms with Gasteiger partial charge in [0.05, 0.1) is 6.10 Å².